The van der Waals surface area contributed by atoms with E-state index >= 15 is 0 Å². The summed E-state index contributed by atoms with van der Waals surface area (Å²) in [6, 6.07) is 15.5. The van der Waals surface area contributed by atoms with E-state index in [0.29, 0.717) is 23.7 Å². The van der Waals surface area contributed by atoms with Crippen LogP contribution >= 0.6 is 0 Å². The van der Waals surface area contributed by atoms with E-state index in [1.807, 2.05) is 18.2 Å². The van der Waals surface area contributed by atoms with Gasteiger partial charge in [-0.25, -0.2) is 0 Å². The first-order valence-electron chi connectivity index (χ1n) is 7.76. The number of para-hydroxylation sites is 1. The molecule has 1 atom stereocenters. The predicted molar refractivity (Wildman–Crippen MR) is 94.3 cm³/mol. The SMILES string of the molecule is C=CCOc1ccc(C(=O)NNC(=O)C(C)Oc2ccccc2)cc1. The summed E-state index contributed by atoms with van der Waals surface area (Å²) in [5.74, 6) is 0.315. The van der Waals surface area contributed by atoms with E-state index in [9.17, 15) is 9.59 Å². The summed E-state index contributed by atoms with van der Waals surface area (Å²) >= 11 is 0. The van der Waals surface area contributed by atoms with Crippen LogP contribution in [0.1, 0.15) is 17.3 Å². The maximum atomic E-state index is 12.0. The van der Waals surface area contributed by atoms with Crippen molar-refractivity contribution in [3.8, 4) is 11.5 Å². The van der Waals surface area contributed by atoms with E-state index in [2.05, 4.69) is 17.4 Å². The lowest BCUT2D eigenvalue weighted by molar-refractivity contribution is -0.128. The Morgan fingerprint density at radius 1 is 1.04 bits per heavy atom. The molecule has 0 heterocycles. The molecule has 0 aliphatic rings. The lowest BCUT2D eigenvalue weighted by atomic mass is 10.2. The van der Waals surface area contributed by atoms with Gasteiger partial charge in [-0.05, 0) is 43.3 Å². The van der Waals surface area contributed by atoms with Gasteiger partial charge in [0.15, 0.2) is 6.10 Å². The highest BCUT2D eigenvalue weighted by atomic mass is 16.5. The molecule has 2 aromatic carbocycles. The highest BCUT2D eigenvalue weighted by Gasteiger charge is 2.15. The van der Waals surface area contributed by atoms with Crippen LogP contribution in [-0.4, -0.2) is 24.5 Å². The summed E-state index contributed by atoms with van der Waals surface area (Å²) in [6.45, 7) is 5.55. The van der Waals surface area contributed by atoms with Gasteiger partial charge < -0.3 is 9.47 Å². The number of ether oxygens (including phenoxy) is 2. The number of hydrazine groups is 1. The van der Waals surface area contributed by atoms with E-state index in [1.165, 1.54) is 0 Å². The van der Waals surface area contributed by atoms with Crippen LogP contribution < -0.4 is 20.3 Å². The van der Waals surface area contributed by atoms with Gasteiger partial charge in [-0.2, -0.15) is 0 Å². The summed E-state index contributed by atoms with van der Waals surface area (Å²) in [4.78, 5) is 24.0. The molecular formula is C19H20N2O4. The lowest BCUT2D eigenvalue weighted by Crippen LogP contribution is -2.47. The van der Waals surface area contributed by atoms with Gasteiger partial charge in [-0.15, -0.1) is 0 Å². The number of carbonyl (C=O) groups excluding carboxylic acids is 2. The number of carbonyl (C=O) groups is 2. The number of amides is 2. The molecule has 6 heteroatoms. The Morgan fingerprint density at radius 3 is 2.36 bits per heavy atom. The third kappa shape index (κ3) is 5.69. The number of hydrogen-bond acceptors (Lipinski definition) is 4. The lowest BCUT2D eigenvalue weighted by Gasteiger charge is -2.15. The maximum Gasteiger partial charge on any atom is 0.279 e. The van der Waals surface area contributed by atoms with E-state index < -0.39 is 17.9 Å². The number of rotatable bonds is 7. The monoisotopic (exact) mass is 340 g/mol. The Balaban J connectivity index is 1.82. The molecule has 1 unspecified atom stereocenters. The Labute approximate surface area is 146 Å². The first kappa shape index (κ1) is 18.1. The largest absolute Gasteiger partial charge is 0.490 e. The molecule has 2 N–H and O–H groups in total. The molecule has 0 fully saturated rings. The minimum atomic E-state index is -0.752. The molecule has 2 rings (SSSR count). The molecule has 0 bridgehead atoms. The van der Waals surface area contributed by atoms with Crippen LogP contribution in [0.15, 0.2) is 67.3 Å². The summed E-state index contributed by atoms with van der Waals surface area (Å²) in [6.07, 6.45) is 0.881. The standard InChI is InChI=1S/C19H20N2O4/c1-3-13-24-16-11-9-15(10-12-16)19(23)21-20-18(22)14(2)25-17-7-5-4-6-8-17/h3-12,14H,1,13H2,2H3,(H,20,22)(H,21,23). The second kappa shape index (κ2) is 9.12. The Hall–Kier alpha value is -3.28. The molecule has 0 saturated carbocycles. The van der Waals surface area contributed by atoms with Crippen molar-refractivity contribution in [1.29, 1.82) is 0 Å². The Kier molecular flexibility index (Phi) is 6.59. The van der Waals surface area contributed by atoms with E-state index in [1.54, 1.807) is 49.4 Å². The zero-order valence-electron chi connectivity index (χ0n) is 13.9. The Morgan fingerprint density at radius 2 is 1.72 bits per heavy atom. The van der Waals surface area contributed by atoms with Crippen molar-refractivity contribution in [2.24, 2.45) is 0 Å². The molecule has 0 spiro atoms. The highest BCUT2D eigenvalue weighted by Crippen LogP contribution is 2.12. The smallest absolute Gasteiger partial charge is 0.279 e. The van der Waals surface area contributed by atoms with Gasteiger partial charge in [0.25, 0.3) is 11.8 Å². The maximum absolute atomic E-state index is 12.0. The molecule has 25 heavy (non-hydrogen) atoms. The van der Waals surface area contributed by atoms with Crippen LogP contribution in [0, 0.1) is 0 Å². The summed E-state index contributed by atoms with van der Waals surface area (Å²) < 4.78 is 10.8. The normalized spacial score (nSPS) is 11.1. The topological polar surface area (TPSA) is 76.7 Å². The molecule has 2 amide bonds. The minimum Gasteiger partial charge on any atom is -0.490 e. The quantitative estimate of drug-likeness (QED) is 0.600. The third-order valence-corrected chi connectivity index (χ3v) is 3.21. The van der Waals surface area contributed by atoms with E-state index in [-0.39, 0.29) is 0 Å². The molecule has 130 valence electrons. The van der Waals surface area contributed by atoms with Gasteiger partial charge in [-0.1, -0.05) is 30.9 Å². The average molecular weight is 340 g/mol. The van der Waals surface area contributed by atoms with Crippen molar-refractivity contribution >= 4 is 11.8 Å². The third-order valence-electron chi connectivity index (χ3n) is 3.21. The Bertz CT molecular complexity index is 714. The molecule has 0 aromatic heterocycles. The van der Waals surface area contributed by atoms with Gasteiger partial charge in [-0.3, -0.25) is 20.4 Å². The summed E-state index contributed by atoms with van der Waals surface area (Å²) in [7, 11) is 0. The van der Waals surface area contributed by atoms with Crippen LogP contribution in [0.2, 0.25) is 0 Å². The molecule has 0 radical (unpaired) electrons. The van der Waals surface area contributed by atoms with Crippen molar-refractivity contribution in [2.75, 3.05) is 6.61 Å². The molecule has 0 saturated heterocycles. The fourth-order valence-corrected chi connectivity index (χ4v) is 1.91. The second-order valence-corrected chi connectivity index (χ2v) is 5.14. The van der Waals surface area contributed by atoms with E-state index in [4.69, 9.17) is 9.47 Å². The molecule has 0 aliphatic carbocycles. The molecule has 2 aromatic rings. The first-order chi connectivity index (χ1) is 12.1. The average Bonchev–Trinajstić information content (AvgIpc) is 2.65. The molecule has 0 aliphatic heterocycles. The van der Waals surface area contributed by atoms with Crippen LogP contribution in [0.3, 0.4) is 0 Å². The van der Waals surface area contributed by atoms with Crippen LogP contribution in [-0.2, 0) is 4.79 Å². The minimum absolute atomic E-state index is 0.390. The van der Waals surface area contributed by atoms with Crippen LogP contribution in [0.5, 0.6) is 11.5 Å². The number of benzene rings is 2. The van der Waals surface area contributed by atoms with Gasteiger partial charge in [0.05, 0.1) is 0 Å². The molecular weight excluding hydrogens is 320 g/mol. The van der Waals surface area contributed by atoms with Crippen LogP contribution in [0.25, 0.3) is 0 Å². The summed E-state index contributed by atoms with van der Waals surface area (Å²) in [5, 5.41) is 0. The van der Waals surface area contributed by atoms with Crippen LogP contribution in [0.4, 0.5) is 0 Å². The van der Waals surface area contributed by atoms with Crippen molar-refractivity contribution in [3.63, 3.8) is 0 Å². The van der Waals surface area contributed by atoms with Crippen molar-refractivity contribution in [1.82, 2.24) is 10.9 Å². The molecule has 6 nitrogen and oxygen atoms in total. The van der Waals surface area contributed by atoms with Gasteiger partial charge in [0.2, 0.25) is 0 Å². The van der Waals surface area contributed by atoms with Gasteiger partial charge in [0.1, 0.15) is 18.1 Å². The summed E-state index contributed by atoms with van der Waals surface area (Å²) in [5.41, 5.74) is 5.09. The second-order valence-electron chi connectivity index (χ2n) is 5.14. The first-order valence-corrected chi connectivity index (χ1v) is 7.76. The van der Waals surface area contributed by atoms with Crippen molar-refractivity contribution in [3.05, 3.63) is 72.8 Å². The van der Waals surface area contributed by atoms with Crippen molar-refractivity contribution in [2.45, 2.75) is 13.0 Å². The van der Waals surface area contributed by atoms with E-state index in [0.717, 1.165) is 0 Å². The zero-order valence-corrected chi connectivity index (χ0v) is 13.9. The van der Waals surface area contributed by atoms with Crippen molar-refractivity contribution < 1.29 is 19.1 Å². The predicted octanol–water partition coefficient (Wildman–Crippen LogP) is 2.48. The number of hydrogen-bond donors (Lipinski definition) is 2. The van der Waals surface area contributed by atoms with Gasteiger partial charge >= 0.3 is 0 Å². The fraction of sp³-hybridized carbons (Fsp3) is 0.158. The van der Waals surface area contributed by atoms with Gasteiger partial charge in [0, 0.05) is 5.56 Å². The number of nitrogens with one attached hydrogen (secondary N) is 2. The zero-order chi connectivity index (χ0) is 18.1. The fourth-order valence-electron chi connectivity index (χ4n) is 1.91. The highest BCUT2D eigenvalue weighted by molar-refractivity contribution is 5.95.